The predicted molar refractivity (Wildman–Crippen MR) is 133 cm³/mol. The van der Waals surface area contributed by atoms with Crippen molar-refractivity contribution >= 4 is 11.6 Å². The second-order valence-electron chi connectivity index (χ2n) is 8.28. The molecule has 0 radical (unpaired) electrons. The zero-order valence-corrected chi connectivity index (χ0v) is 20.3. The Morgan fingerprint density at radius 1 is 1.00 bits per heavy atom. The number of nitrogens with one attached hydrogen (secondary N) is 1. The Hall–Kier alpha value is -3.87. The molecule has 0 saturated heterocycles. The molecule has 0 unspecified atom stereocenters. The lowest BCUT2D eigenvalue weighted by atomic mass is 10.1. The molecule has 7 nitrogen and oxygen atoms in total. The summed E-state index contributed by atoms with van der Waals surface area (Å²) < 4.78 is 12.6. The van der Waals surface area contributed by atoms with Crippen molar-refractivity contribution in [3.63, 3.8) is 0 Å². The molecule has 0 bridgehead atoms. The molecule has 4 aromatic rings. The van der Waals surface area contributed by atoms with Crippen LogP contribution in [0.25, 0.3) is 16.8 Å². The highest BCUT2D eigenvalue weighted by atomic mass is 16.5. The Balaban J connectivity index is 1.51. The van der Waals surface area contributed by atoms with Crippen LogP contribution in [0.1, 0.15) is 28.2 Å². The molecule has 0 aliphatic rings. The molecule has 1 N–H and O–H groups in total. The zero-order chi connectivity index (χ0) is 24.2. The summed E-state index contributed by atoms with van der Waals surface area (Å²) in [5, 5.41) is 7.75. The van der Waals surface area contributed by atoms with Crippen molar-refractivity contribution in [2.45, 2.75) is 33.6 Å². The number of carbonyl (C=O) groups is 1. The third-order valence-electron chi connectivity index (χ3n) is 6.10. The van der Waals surface area contributed by atoms with Crippen LogP contribution in [0.15, 0.2) is 48.5 Å². The van der Waals surface area contributed by atoms with Crippen molar-refractivity contribution < 1.29 is 14.3 Å². The molecule has 0 fully saturated rings. The molecule has 0 spiro atoms. The lowest BCUT2D eigenvalue weighted by Crippen LogP contribution is -2.28. The quantitative estimate of drug-likeness (QED) is 0.427. The fourth-order valence-electron chi connectivity index (χ4n) is 4.30. The first kappa shape index (κ1) is 23.3. The summed E-state index contributed by atoms with van der Waals surface area (Å²) >= 11 is 0. The van der Waals surface area contributed by atoms with E-state index in [1.165, 1.54) is 0 Å². The van der Waals surface area contributed by atoms with Crippen LogP contribution in [0, 0.1) is 20.8 Å². The number of aryl methyl sites for hydroxylation is 3. The molecular weight excluding hydrogens is 428 g/mol. The minimum absolute atomic E-state index is 0.0543. The molecule has 0 aliphatic carbocycles. The van der Waals surface area contributed by atoms with E-state index in [0.717, 1.165) is 56.5 Å². The summed E-state index contributed by atoms with van der Waals surface area (Å²) in [5.41, 5.74) is 7.48. The normalized spacial score (nSPS) is 11.0. The Labute approximate surface area is 199 Å². The van der Waals surface area contributed by atoms with Gasteiger partial charge in [0, 0.05) is 29.1 Å². The fourth-order valence-corrected chi connectivity index (χ4v) is 4.30. The van der Waals surface area contributed by atoms with Gasteiger partial charge in [0.2, 0.25) is 5.91 Å². The van der Waals surface area contributed by atoms with Crippen LogP contribution in [0.2, 0.25) is 0 Å². The topological polar surface area (TPSA) is 77.8 Å². The van der Waals surface area contributed by atoms with Crippen LogP contribution in [0.5, 0.6) is 11.5 Å². The Morgan fingerprint density at radius 2 is 1.76 bits per heavy atom. The van der Waals surface area contributed by atoms with E-state index in [4.69, 9.17) is 19.6 Å². The lowest BCUT2D eigenvalue weighted by molar-refractivity contribution is -0.120. The largest absolute Gasteiger partial charge is 0.497 e. The van der Waals surface area contributed by atoms with E-state index in [9.17, 15) is 4.79 Å². The highest BCUT2D eigenvalue weighted by molar-refractivity contribution is 5.82. The van der Waals surface area contributed by atoms with Gasteiger partial charge in [0.1, 0.15) is 11.5 Å². The first-order chi connectivity index (χ1) is 16.4. The number of fused-ring (bicyclic) bond motifs is 1. The average Bonchev–Trinajstić information content (AvgIpc) is 3.18. The summed E-state index contributed by atoms with van der Waals surface area (Å²) in [7, 11) is 3.27. The molecule has 1 amide bonds. The number of benzene rings is 2. The molecule has 2 heterocycles. The summed E-state index contributed by atoms with van der Waals surface area (Å²) in [6.45, 7) is 6.43. The van der Waals surface area contributed by atoms with Crippen LogP contribution in [0.4, 0.5) is 0 Å². The maximum absolute atomic E-state index is 12.8. The summed E-state index contributed by atoms with van der Waals surface area (Å²) in [4.78, 5) is 17.6. The van der Waals surface area contributed by atoms with E-state index < -0.39 is 0 Å². The van der Waals surface area contributed by atoms with Crippen molar-refractivity contribution in [2.24, 2.45) is 0 Å². The maximum Gasteiger partial charge on any atom is 0.224 e. The van der Waals surface area contributed by atoms with E-state index in [0.29, 0.717) is 13.0 Å². The first-order valence-electron chi connectivity index (χ1n) is 11.3. The van der Waals surface area contributed by atoms with Gasteiger partial charge in [-0.25, -0.2) is 9.50 Å². The fraction of sp³-hybridized carbons (Fsp3) is 0.296. The lowest BCUT2D eigenvalue weighted by Gasteiger charge is -2.13. The molecule has 0 atom stereocenters. The standard InChI is InChI=1S/C27H30N4O3/c1-17-23(16-25(32)28-14-13-21-15-22(33-4)11-12-24(21)34-5)19(3)31-27(29-17)26(18(2)30-31)20-9-7-6-8-10-20/h6-12,15H,13-14,16H2,1-5H3,(H,28,32). The van der Waals surface area contributed by atoms with Gasteiger partial charge in [-0.05, 0) is 56.5 Å². The number of methoxy groups -OCH3 is 2. The van der Waals surface area contributed by atoms with Gasteiger partial charge in [-0.3, -0.25) is 4.79 Å². The number of ether oxygens (including phenoxy) is 2. The smallest absolute Gasteiger partial charge is 0.224 e. The van der Waals surface area contributed by atoms with Gasteiger partial charge in [0.25, 0.3) is 0 Å². The van der Waals surface area contributed by atoms with E-state index in [-0.39, 0.29) is 12.3 Å². The van der Waals surface area contributed by atoms with E-state index >= 15 is 0 Å². The van der Waals surface area contributed by atoms with Crippen LogP contribution in [0.3, 0.4) is 0 Å². The molecular formula is C27H30N4O3. The van der Waals surface area contributed by atoms with Crippen LogP contribution in [-0.4, -0.2) is 41.3 Å². The third-order valence-corrected chi connectivity index (χ3v) is 6.10. The van der Waals surface area contributed by atoms with Gasteiger partial charge in [0.05, 0.1) is 26.3 Å². The third kappa shape index (κ3) is 4.59. The van der Waals surface area contributed by atoms with Crippen LogP contribution in [-0.2, 0) is 17.6 Å². The molecule has 34 heavy (non-hydrogen) atoms. The van der Waals surface area contributed by atoms with Crippen LogP contribution < -0.4 is 14.8 Å². The second-order valence-corrected chi connectivity index (χ2v) is 8.28. The monoisotopic (exact) mass is 458 g/mol. The van der Waals surface area contributed by atoms with Crippen molar-refractivity contribution in [1.82, 2.24) is 19.9 Å². The van der Waals surface area contributed by atoms with Gasteiger partial charge in [-0.15, -0.1) is 0 Å². The molecule has 176 valence electrons. The highest BCUT2D eigenvalue weighted by Gasteiger charge is 2.19. The average molecular weight is 459 g/mol. The van der Waals surface area contributed by atoms with Gasteiger partial charge in [-0.1, -0.05) is 30.3 Å². The van der Waals surface area contributed by atoms with Crippen molar-refractivity contribution in [3.8, 4) is 22.6 Å². The van der Waals surface area contributed by atoms with Gasteiger partial charge >= 0.3 is 0 Å². The molecule has 7 heteroatoms. The first-order valence-corrected chi connectivity index (χ1v) is 11.3. The maximum atomic E-state index is 12.8. The SMILES string of the molecule is COc1ccc(OC)c(CCNC(=O)Cc2c(C)nc3c(-c4ccccc4)c(C)nn3c2C)c1. The number of amides is 1. The van der Waals surface area contributed by atoms with Gasteiger partial charge in [0.15, 0.2) is 5.65 Å². The Morgan fingerprint density at radius 3 is 2.47 bits per heavy atom. The summed E-state index contributed by atoms with van der Waals surface area (Å²) in [6.07, 6.45) is 0.885. The minimum Gasteiger partial charge on any atom is -0.497 e. The molecule has 2 aromatic carbocycles. The summed E-state index contributed by atoms with van der Waals surface area (Å²) in [6, 6.07) is 15.8. The number of nitrogens with zero attached hydrogens (tertiary/aromatic N) is 3. The number of carbonyl (C=O) groups excluding carboxylic acids is 1. The minimum atomic E-state index is -0.0543. The zero-order valence-electron chi connectivity index (χ0n) is 20.3. The molecule has 2 aromatic heterocycles. The van der Waals surface area contributed by atoms with Crippen LogP contribution >= 0.6 is 0 Å². The van der Waals surface area contributed by atoms with E-state index in [1.807, 2.05) is 61.7 Å². The van der Waals surface area contributed by atoms with Gasteiger partial charge in [-0.2, -0.15) is 5.10 Å². The highest BCUT2D eigenvalue weighted by Crippen LogP contribution is 2.29. The van der Waals surface area contributed by atoms with Crippen molar-refractivity contribution in [3.05, 3.63) is 76.7 Å². The number of hydrogen-bond acceptors (Lipinski definition) is 5. The number of aromatic nitrogens is 3. The van der Waals surface area contributed by atoms with E-state index in [2.05, 4.69) is 17.4 Å². The van der Waals surface area contributed by atoms with Gasteiger partial charge < -0.3 is 14.8 Å². The molecule has 0 saturated carbocycles. The molecule has 0 aliphatic heterocycles. The predicted octanol–water partition coefficient (Wildman–Crippen LogP) is 4.24. The number of rotatable bonds is 8. The Kier molecular flexibility index (Phi) is 6.82. The Bertz CT molecular complexity index is 1330. The second kappa shape index (κ2) is 9.95. The molecule has 4 rings (SSSR count). The number of hydrogen-bond donors (Lipinski definition) is 1. The summed E-state index contributed by atoms with van der Waals surface area (Å²) in [5.74, 6) is 1.48. The van der Waals surface area contributed by atoms with Crippen molar-refractivity contribution in [1.29, 1.82) is 0 Å². The van der Waals surface area contributed by atoms with Crippen molar-refractivity contribution in [2.75, 3.05) is 20.8 Å². The van der Waals surface area contributed by atoms with E-state index in [1.54, 1.807) is 14.2 Å².